The molecule has 15 heteroatoms. The Morgan fingerprint density at radius 3 is 2.54 bits per heavy atom. The van der Waals surface area contributed by atoms with Crippen molar-refractivity contribution in [2.45, 2.75) is 17.4 Å². The van der Waals surface area contributed by atoms with Crippen molar-refractivity contribution in [1.82, 2.24) is 9.97 Å². The van der Waals surface area contributed by atoms with Gasteiger partial charge in [0.05, 0.1) is 29.4 Å². The van der Waals surface area contributed by atoms with Gasteiger partial charge in [0.2, 0.25) is 16.5 Å². The highest BCUT2D eigenvalue weighted by Gasteiger charge is 2.35. The van der Waals surface area contributed by atoms with Gasteiger partial charge in [-0.05, 0) is 35.4 Å². The highest BCUT2D eigenvalue weighted by Crippen LogP contribution is 2.36. The summed E-state index contributed by atoms with van der Waals surface area (Å²) in [6.07, 6.45) is 2.20. The molecule has 2 atom stereocenters. The molecule has 1 fully saturated rings. The second kappa shape index (κ2) is 11.6. The monoisotopic (exact) mass is 612 g/mol. The van der Waals surface area contributed by atoms with Crippen LogP contribution in [0.3, 0.4) is 0 Å². The summed E-state index contributed by atoms with van der Waals surface area (Å²) in [5.74, 6) is -10.2. The Morgan fingerprint density at radius 2 is 1.85 bits per heavy atom. The fourth-order valence-electron chi connectivity index (χ4n) is 4.14. The number of benzene rings is 3. The van der Waals surface area contributed by atoms with Gasteiger partial charge in [0.15, 0.2) is 11.6 Å². The van der Waals surface area contributed by atoms with Crippen LogP contribution in [0.1, 0.15) is 16.8 Å². The van der Waals surface area contributed by atoms with E-state index in [-0.39, 0.29) is 34.3 Å². The Balaban J connectivity index is 1.61. The summed E-state index contributed by atoms with van der Waals surface area (Å²) in [7, 11) is 0. The molecule has 0 aliphatic carbocycles. The Kier molecular flexibility index (Phi) is 8.18. The van der Waals surface area contributed by atoms with E-state index >= 15 is 0 Å². The van der Waals surface area contributed by atoms with Crippen LogP contribution in [0.15, 0.2) is 41.6 Å². The van der Waals surface area contributed by atoms with Crippen LogP contribution in [0.4, 0.5) is 39.1 Å². The minimum atomic E-state index is -2.42. The van der Waals surface area contributed by atoms with Crippen molar-refractivity contribution in [3.63, 3.8) is 0 Å². The summed E-state index contributed by atoms with van der Waals surface area (Å²) in [6.45, 7) is 0.650. The number of fused-ring (bicyclic) bond motifs is 1. The third-order valence-corrected chi connectivity index (χ3v) is 7.34. The first-order chi connectivity index (χ1) is 19.5. The predicted molar refractivity (Wildman–Crippen MR) is 141 cm³/mol. The Labute approximate surface area is 237 Å². The molecule has 4 aromatic rings. The smallest absolute Gasteiger partial charge is 0.264 e. The van der Waals surface area contributed by atoms with E-state index in [0.29, 0.717) is 24.2 Å². The predicted octanol–water partition coefficient (Wildman–Crippen LogP) is 5.88. The number of rotatable bonds is 7. The van der Waals surface area contributed by atoms with Crippen LogP contribution in [0.2, 0.25) is 5.02 Å². The number of nitrogens with zero attached hydrogens (tertiary/aromatic N) is 2. The fraction of sp³-hybridized carbons (Fsp3) is 0.192. The zero-order valence-electron chi connectivity index (χ0n) is 20.9. The Bertz CT molecular complexity index is 1670. The molecule has 1 aliphatic rings. The third kappa shape index (κ3) is 5.73. The van der Waals surface area contributed by atoms with E-state index in [2.05, 4.69) is 20.6 Å². The lowest BCUT2D eigenvalue weighted by atomic mass is 10.1. The van der Waals surface area contributed by atoms with E-state index in [4.69, 9.17) is 21.1 Å². The van der Waals surface area contributed by atoms with E-state index < -0.39 is 62.7 Å². The summed E-state index contributed by atoms with van der Waals surface area (Å²) in [5.41, 5.74) is -0.703. The highest BCUT2D eigenvalue weighted by molar-refractivity contribution is 7.90. The number of carbonyl (C=O) groups excluding carboxylic acids is 1. The molecule has 214 valence electrons. The van der Waals surface area contributed by atoms with Gasteiger partial charge in [-0.3, -0.25) is 4.79 Å². The first-order valence-corrected chi connectivity index (χ1v) is 13.7. The van der Waals surface area contributed by atoms with Crippen molar-refractivity contribution in [2.75, 3.05) is 30.1 Å². The third-order valence-electron chi connectivity index (χ3n) is 6.09. The van der Waals surface area contributed by atoms with Crippen LogP contribution in [0, 0.1) is 29.1 Å². The van der Waals surface area contributed by atoms with Crippen molar-refractivity contribution in [3.8, 4) is 5.75 Å². The average Bonchev–Trinajstić information content (AvgIpc) is 3.45. The normalized spacial score (nSPS) is 15.7. The van der Waals surface area contributed by atoms with Gasteiger partial charge in [-0.1, -0.05) is 11.6 Å². The number of hydrogen-bond acceptors (Lipinski definition) is 7. The molecule has 2 heterocycles. The molecule has 1 amide bonds. The molecule has 1 unspecified atom stereocenters. The Morgan fingerprint density at radius 1 is 1.10 bits per heavy atom. The standard InChI is InChI=1S/C26H18ClF5N4O4S/c1-41(38)24-19(20(29)21(30)22(31)23(24)32)26(37)36-17-7-13-16(8-18(17)40-12-4-5-39-9-12)33-10-34-25(13)35-11-2-3-15(28)14(27)6-11/h2-3,6-8,10,12H,4-5,9H2,1H3,(H,36,37)(H,33,34,35)/t12-,41?/m0/s1. The van der Waals surface area contributed by atoms with E-state index in [9.17, 15) is 31.3 Å². The maximum Gasteiger partial charge on any atom is 0.264 e. The lowest BCUT2D eigenvalue weighted by Crippen LogP contribution is -2.23. The number of ether oxygens (including phenoxy) is 2. The van der Waals surface area contributed by atoms with Gasteiger partial charge in [-0.25, -0.2) is 27.5 Å². The summed E-state index contributed by atoms with van der Waals surface area (Å²) in [5, 5.41) is 5.41. The van der Waals surface area contributed by atoms with E-state index in [1.54, 1.807) is 0 Å². The summed E-state index contributed by atoms with van der Waals surface area (Å²) in [4.78, 5) is 20.5. The van der Waals surface area contributed by atoms with Crippen LogP contribution < -0.4 is 15.4 Å². The number of carbonyl (C=O) groups is 1. The molecule has 0 bridgehead atoms. The van der Waals surface area contributed by atoms with Crippen LogP contribution in [-0.2, 0) is 15.9 Å². The highest BCUT2D eigenvalue weighted by atomic mass is 35.5. The van der Waals surface area contributed by atoms with Gasteiger partial charge < -0.3 is 24.7 Å². The summed E-state index contributed by atoms with van der Waals surface area (Å²) >= 11 is 3.45. The molecule has 41 heavy (non-hydrogen) atoms. The number of nitrogens with one attached hydrogen (secondary N) is 2. The van der Waals surface area contributed by atoms with Gasteiger partial charge in [0, 0.05) is 23.6 Å². The number of aromatic nitrogens is 2. The molecular weight excluding hydrogens is 595 g/mol. The molecule has 0 saturated carbocycles. The van der Waals surface area contributed by atoms with Crippen molar-refractivity contribution in [3.05, 3.63) is 76.3 Å². The summed E-state index contributed by atoms with van der Waals surface area (Å²) < 4.78 is 94.3. The molecule has 3 aromatic carbocycles. The molecule has 0 spiro atoms. The number of halogens is 6. The van der Waals surface area contributed by atoms with Crippen LogP contribution in [-0.4, -0.2) is 46.0 Å². The van der Waals surface area contributed by atoms with Gasteiger partial charge in [-0.2, -0.15) is 4.39 Å². The van der Waals surface area contributed by atoms with E-state index in [1.807, 2.05) is 0 Å². The molecule has 1 saturated heterocycles. The lowest BCUT2D eigenvalue weighted by molar-refractivity contribution is 0.101. The van der Waals surface area contributed by atoms with Crippen LogP contribution in [0.25, 0.3) is 10.9 Å². The lowest BCUT2D eigenvalue weighted by Gasteiger charge is -2.19. The van der Waals surface area contributed by atoms with Crippen LogP contribution in [0.5, 0.6) is 5.75 Å². The molecule has 0 radical (unpaired) electrons. The maximum absolute atomic E-state index is 14.8. The Hall–Kier alpha value is -3.72. The van der Waals surface area contributed by atoms with Crippen molar-refractivity contribution in [2.24, 2.45) is 0 Å². The molecule has 2 N–H and O–H groups in total. The van der Waals surface area contributed by atoms with E-state index in [1.165, 1.54) is 30.6 Å². The zero-order valence-corrected chi connectivity index (χ0v) is 22.4. The second-order valence-electron chi connectivity index (χ2n) is 8.81. The molecule has 5 rings (SSSR count). The zero-order chi connectivity index (χ0) is 29.4. The van der Waals surface area contributed by atoms with Crippen LogP contribution >= 0.6 is 11.6 Å². The molecule has 1 aromatic heterocycles. The van der Waals surface area contributed by atoms with Gasteiger partial charge in [-0.15, -0.1) is 0 Å². The van der Waals surface area contributed by atoms with Gasteiger partial charge in [0.1, 0.15) is 41.6 Å². The van der Waals surface area contributed by atoms with Crippen molar-refractivity contribution < 1.29 is 40.8 Å². The van der Waals surface area contributed by atoms with Crippen molar-refractivity contribution >= 4 is 56.8 Å². The molecule has 8 nitrogen and oxygen atoms in total. The minimum Gasteiger partial charge on any atom is -0.612 e. The minimum absolute atomic E-state index is 0.0402. The quantitative estimate of drug-likeness (QED) is 0.116. The molecular formula is C26H18ClF5N4O4S. The summed E-state index contributed by atoms with van der Waals surface area (Å²) in [6, 6.07) is 6.65. The number of amides is 1. The second-order valence-corrected chi connectivity index (χ2v) is 10.5. The topological polar surface area (TPSA) is 108 Å². The van der Waals surface area contributed by atoms with Crippen molar-refractivity contribution in [1.29, 1.82) is 0 Å². The SMILES string of the molecule is C[S+]([O-])c1c(F)c(F)c(F)c(F)c1C(=O)Nc1cc2c(Nc3ccc(F)c(Cl)c3)ncnc2cc1O[C@H]1CCOC1. The number of hydrogen-bond donors (Lipinski definition) is 2. The first-order valence-electron chi connectivity index (χ1n) is 11.8. The maximum atomic E-state index is 14.8. The van der Waals surface area contributed by atoms with Gasteiger partial charge >= 0.3 is 0 Å². The van der Waals surface area contributed by atoms with E-state index in [0.717, 1.165) is 12.3 Å². The number of anilines is 3. The van der Waals surface area contributed by atoms with Gasteiger partial charge in [0.25, 0.3) is 5.91 Å². The largest absolute Gasteiger partial charge is 0.612 e. The average molecular weight is 613 g/mol. The molecule has 1 aliphatic heterocycles. The first kappa shape index (κ1) is 28.8. The fourth-order valence-corrected chi connectivity index (χ4v) is 5.14.